The Morgan fingerprint density at radius 2 is 1.76 bits per heavy atom. The molecule has 4 rings (SSSR count). The molecular formula is C20H18N4O. The Kier molecular flexibility index (Phi) is 3.90. The molecule has 3 aromatic rings. The third-order valence-corrected chi connectivity index (χ3v) is 4.42. The number of anilines is 3. The Labute approximate surface area is 146 Å². The maximum Gasteiger partial charge on any atom is 0.261 e. The first-order valence-electron chi connectivity index (χ1n) is 8.27. The van der Waals surface area contributed by atoms with E-state index in [0.29, 0.717) is 18.1 Å². The highest BCUT2D eigenvalue weighted by atomic mass is 16.2. The number of carbonyl (C=O) groups excluding carboxylic acids is 1. The molecular weight excluding hydrogens is 312 g/mol. The summed E-state index contributed by atoms with van der Waals surface area (Å²) in [6.07, 6.45) is 4.05. The van der Waals surface area contributed by atoms with Crippen molar-refractivity contribution in [1.82, 2.24) is 9.97 Å². The summed E-state index contributed by atoms with van der Waals surface area (Å²) >= 11 is 0. The van der Waals surface area contributed by atoms with E-state index in [2.05, 4.69) is 21.4 Å². The number of amides is 1. The zero-order valence-electron chi connectivity index (χ0n) is 13.9. The fraction of sp³-hybridized carbons (Fsp3) is 0.150. The molecule has 0 aliphatic carbocycles. The molecule has 0 spiro atoms. The lowest BCUT2D eigenvalue weighted by molar-refractivity contribution is 0.0988. The largest absolute Gasteiger partial charge is 0.324 e. The van der Waals surface area contributed by atoms with Gasteiger partial charge in [0.2, 0.25) is 5.95 Å². The fourth-order valence-electron chi connectivity index (χ4n) is 3.04. The number of hydrogen-bond donors (Lipinski definition) is 1. The molecule has 0 saturated heterocycles. The summed E-state index contributed by atoms with van der Waals surface area (Å²) in [5.74, 6) is 0.417. The normalized spacial score (nSPS) is 12.8. The minimum atomic E-state index is -0.0626. The molecule has 0 radical (unpaired) electrons. The van der Waals surface area contributed by atoms with Crippen LogP contribution in [0.1, 0.15) is 21.5 Å². The summed E-state index contributed by atoms with van der Waals surface area (Å²) in [6, 6.07) is 15.9. The van der Waals surface area contributed by atoms with Crippen LogP contribution in [0.25, 0.3) is 0 Å². The number of nitrogens with one attached hydrogen (secondary N) is 1. The third-order valence-electron chi connectivity index (χ3n) is 4.42. The standard InChI is InChI=1S/C20H18N4O/c1-14-6-2-4-8-17(14)23-20-21-12-16(13-22-20)19(25)24-11-10-15-7-3-5-9-18(15)24/h2-9,12-13H,10-11H2,1H3,(H,21,22,23). The van der Waals surface area contributed by atoms with E-state index in [4.69, 9.17) is 0 Å². The molecule has 25 heavy (non-hydrogen) atoms. The lowest BCUT2D eigenvalue weighted by atomic mass is 10.2. The van der Waals surface area contributed by atoms with Gasteiger partial charge < -0.3 is 10.2 Å². The quantitative estimate of drug-likeness (QED) is 0.795. The molecule has 2 heterocycles. The first-order valence-corrected chi connectivity index (χ1v) is 8.27. The maximum absolute atomic E-state index is 12.8. The van der Waals surface area contributed by atoms with Gasteiger partial charge in [0.25, 0.3) is 5.91 Å². The Morgan fingerprint density at radius 3 is 2.56 bits per heavy atom. The van der Waals surface area contributed by atoms with Crippen LogP contribution in [0.15, 0.2) is 60.9 Å². The van der Waals surface area contributed by atoms with Crippen LogP contribution in [-0.4, -0.2) is 22.4 Å². The number of nitrogens with zero attached hydrogens (tertiary/aromatic N) is 3. The molecule has 124 valence electrons. The second-order valence-corrected chi connectivity index (χ2v) is 6.07. The molecule has 1 aromatic heterocycles. The number of hydrogen-bond acceptors (Lipinski definition) is 4. The van der Waals surface area contributed by atoms with Gasteiger partial charge in [-0.05, 0) is 36.6 Å². The molecule has 1 aliphatic heterocycles. The van der Waals surface area contributed by atoms with Crippen LogP contribution in [0.2, 0.25) is 0 Å². The highest BCUT2D eigenvalue weighted by molar-refractivity contribution is 6.07. The fourth-order valence-corrected chi connectivity index (χ4v) is 3.04. The SMILES string of the molecule is Cc1ccccc1Nc1ncc(C(=O)N2CCc3ccccc32)cn1. The van der Waals surface area contributed by atoms with Gasteiger partial charge in [0.05, 0.1) is 5.56 Å². The highest BCUT2D eigenvalue weighted by Crippen LogP contribution is 2.28. The van der Waals surface area contributed by atoms with Crippen molar-refractivity contribution in [3.63, 3.8) is 0 Å². The number of benzene rings is 2. The molecule has 0 atom stereocenters. The van der Waals surface area contributed by atoms with Crippen LogP contribution in [0.4, 0.5) is 17.3 Å². The van der Waals surface area contributed by atoms with Gasteiger partial charge in [0, 0.05) is 30.3 Å². The van der Waals surface area contributed by atoms with Gasteiger partial charge in [-0.15, -0.1) is 0 Å². The van der Waals surface area contributed by atoms with Crippen molar-refractivity contribution in [3.05, 3.63) is 77.6 Å². The van der Waals surface area contributed by atoms with Crippen LogP contribution in [0, 0.1) is 6.92 Å². The van der Waals surface area contributed by atoms with E-state index in [1.165, 1.54) is 5.56 Å². The number of rotatable bonds is 3. The lowest BCUT2D eigenvalue weighted by Gasteiger charge is -2.17. The van der Waals surface area contributed by atoms with Crippen molar-refractivity contribution in [3.8, 4) is 0 Å². The minimum absolute atomic E-state index is 0.0626. The van der Waals surface area contributed by atoms with E-state index in [1.54, 1.807) is 17.3 Å². The number of fused-ring (bicyclic) bond motifs is 1. The lowest BCUT2D eigenvalue weighted by Crippen LogP contribution is -2.29. The van der Waals surface area contributed by atoms with Gasteiger partial charge >= 0.3 is 0 Å². The van der Waals surface area contributed by atoms with E-state index in [9.17, 15) is 4.79 Å². The van der Waals surface area contributed by atoms with Gasteiger partial charge in [-0.1, -0.05) is 36.4 Å². The van der Waals surface area contributed by atoms with Crippen LogP contribution >= 0.6 is 0 Å². The maximum atomic E-state index is 12.8. The Balaban J connectivity index is 1.53. The van der Waals surface area contributed by atoms with Crippen LogP contribution < -0.4 is 10.2 Å². The summed E-state index contributed by atoms with van der Waals surface area (Å²) in [7, 11) is 0. The summed E-state index contributed by atoms with van der Waals surface area (Å²) in [4.78, 5) is 23.1. The topological polar surface area (TPSA) is 58.1 Å². The molecule has 5 nitrogen and oxygen atoms in total. The Bertz CT molecular complexity index is 921. The Hall–Kier alpha value is -3.21. The third kappa shape index (κ3) is 2.96. The molecule has 0 bridgehead atoms. The zero-order valence-corrected chi connectivity index (χ0v) is 13.9. The van der Waals surface area contributed by atoms with Gasteiger partial charge in [0.1, 0.15) is 0 Å². The summed E-state index contributed by atoms with van der Waals surface area (Å²) in [5.41, 5.74) is 4.74. The van der Waals surface area contributed by atoms with Crippen molar-refractivity contribution in [2.75, 3.05) is 16.8 Å². The highest BCUT2D eigenvalue weighted by Gasteiger charge is 2.25. The predicted molar refractivity (Wildman–Crippen MR) is 98.3 cm³/mol. The molecule has 1 N–H and O–H groups in total. The van der Waals surface area contributed by atoms with Crippen molar-refractivity contribution in [1.29, 1.82) is 0 Å². The number of carbonyl (C=O) groups is 1. The van der Waals surface area contributed by atoms with Crippen LogP contribution in [0.3, 0.4) is 0 Å². The zero-order chi connectivity index (χ0) is 17.2. The van der Waals surface area contributed by atoms with Gasteiger partial charge in [-0.25, -0.2) is 9.97 Å². The van der Waals surface area contributed by atoms with Gasteiger partial charge in [-0.2, -0.15) is 0 Å². The second-order valence-electron chi connectivity index (χ2n) is 6.07. The molecule has 0 unspecified atom stereocenters. The second kappa shape index (κ2) is 6.36. The minimum Gasteiger partial charge on any atom is -0.324 e. The molecule has 1 amide bonds. The number of aryl methyl sites for hydroxylation is 1. The van der Waals surface area contributed by atoms with Crippen molar-refractivity contribution in [2.45, 2.75) is 13.3 Å². The van der Waals surface area contributed by atoms with Crippen molar-refractivity contribution in [2.24, 2.45) is 0 Å². The van der Waals surface area contributed by atoms with E-state index in [-0.39, 0.29) is 5.91 Å². The van der Waals surface area contributed by atoms with E-state index < -0.39 is 0 Å². The van der Waals surface area contributed by atoms with Gasteiger partial charge in [0.15, 0.2) is 0 Å². The molecule has 1 aliphatic rings. The van der Waals surface area contributed by atoms with E-state index in [0.717, 1.165) is 23.4 Å². The van der Waals surface area contributed by atoms with Crippen LogP contribution in [0.5, 0.6) is 0 Å². The Morgan fingerprint density at radius 1 is 1.04 bits per heavy atom. The average molecular weight is 330 g/mol. The monoisotopic (exact) mass is 330 g/mol. The molecule has 2 aromatic carbocycles. The predicted octanol–water partition coefficient (Wildman–Crippen LogP) is 3.73. The summed E-state index contributed by atoms with van der Waals surface area (Å²) in [6.45, 7) is 2.71. The molecule has 0 saturated carbocycles. The smallest absolute Gasteiger partial charge is 0.261 e. The number of para-hydroxylation sites is 2. The average Bonchev–Trinajstić information content (AvgIpc) is 3.08. The van der Waals surface area contributed by atoms with Gasteiger partial charge in [-0.3, -0.25) is 4.79 Å². The summed E-state index contributed by atoms with van der Waals surface area (Å²) in [5, 5.41) is 3.18. The first kappa shape index (κ1) is 15.3. The van der Waals surface area contributed by atoms with Crippen molar-refractivity contribution >= 4 is 23.2 Å². The van der Waals surface area contributed by atoms with Crippen LogP contribution in [-0.2, 0) is 6.42 Å². The summed E-state index contributed by atoms with van der Waals surface area (Å²) < 4.78 is 0. The number of aromatic nitrogens is 2. The van der Waals surface area contributed by atoms with Crippen molar-refractivity contribution < 1.29 is 4.79 Å². The van der Waals surface area contributed by atoms with E-state index >= 15 is 0 Å². The first-order chi connectivity index (χ1) is 12.2. The molecule has 0 fully saturated rings. The van der Waals surface area contributed by atoms with E-state index in [1.807, 2.05) is 49.4 Å². The molecule has 5 heteroatoms.